The first-order chi connectivity index (χ1) is 12.0. The molecular formula is C17H17NO7. The molecule has 0 amide bonds. The Morgan fingerprint density at radius 3 is 2.32 bits per heavy atom. The zero-order valence-corrected chi connectivity index (χ0v) is 14.0. The van der Waals surface area contributed by atoms with Gasteiger partial charge in [0.1, 0.15) is 17.9 Å². The molecule has 0 bridgehead atoms. The largest absolute Gasteiger partial charge is 0.497 e. The summed E-state index contributed by atoms with van der Waals surface area (Å²) < 4.78 is 20.4. The van der Waals surface area contributed by atoms with Crippen LogP contribution in [0.2, 0.25) is 0 Å². The third-order valence-corrected chi connectivity index (χ3v) is 3.42. The van der Waals surface area contributed by atoms with E-state index in [0.717, 1.165) is 6.07 Å². The van der Waals surface area contributed by atoms with Crippen LogP contribution in [0, 0.1) is 10.1 Å². The highest BCUT2D eigenvalue weighted by Crippen LogP contribution is 2.34. The fourth-order valence-electron chi connectivity index (χ4n) is 2.17. The van der Waals surface area contributed by atoms with Crippen molar-refractivity contribution in [3.05, 3.63) is 57.6 Å². The number of carbonyl (C=O) groups is 1. The Hall–Kier alpha value is -3.29. The number of methoxy groups -OCH3 is 3. The molecule has 0 fully saturated rings. The Morgan fingerprint density at radius 1 is 1.04 bits per heavy atom. The van der Waals surface area contributed by atoms with E-state index < -0.39 is 16.6 Å². The molecule has 2 aromatic rings. The smallest absolute Gasteiger partial charge is 0.345 e. The number of nitro groups is 1. The Labute approximate surface area is 144 Å². The normalized spacial score (nSPS) is 10.0. The molecule has 132 valence electrons. The molecule has 2 rings (SSSR count). The van der Waals surface area contributed by atoms with Gasteiger partial charge >= 0.3 is 5.97 Å². The van der Waals surface area contributed by atoms with E-state index in [1.54, 1.807) is 24.3 Å². The van der Waals surface area contributed by atoms with Crippen LogP contribution in [0.3, 0.4) is 0 Å². The minimum absolute atomic E-state index is 0.0540. The van der Waals surface area contributed by atoms with Crippen molar-refractivity contribution in [2.75, 3.05) is 21.3 Å². The first kappa shape index (κ1) is 18.1. The summed E-state index contributed by atoms with van der Waals surface area (Å²) in [5.41, 5.74) is 0.0506. The Balaban J connectivity index is 2.26. The topological polar surface area (TPSA) is 97.1 Å². The SMILES string of the molecule is COc1cccc(COC(=O)c2cc(OC)c(OC)cc2[N+](=O)[O-])c1. The number of nitro benzene ring substituents is 1. The zero-order valence-electron chi connectivity index (χ0n) is 14.0. The Kier molecular flexibility index (Phi) is 5.78. The van der Waals surface area contributed by atoms with E-state index >= 15 is 0 Å². The molecule has 0 unspecified atom stereocenters. The lowest BCUT2D eigenvalue weighted by Gasteiger charge is -2.11. The van der Waals surface area contributed by atoms with Crippen molar-refractivity contribution < 1.29 is 28.7 Å². The molecule has 0 spiro atoms. The highest BCUT2D eigenvalue weighted by Gasteiger charge is 2.25. The maximum atomic E-state index is 12.3. The van der Waals surface area contributed by atoms with E-state index in [2.05, 4.69) is 0 Å². The lowest BCUT2D eigenvalue weighted by molar-refractivity contribution is -0.385. The summed E-state index contributed by atoms with van der Waals surface area (Å²) in [6.07, 6.45) is 0. The van der Waals surface area contributed by atoms with Crippen molar-refractivity contribution in [3.8, 4) is 17.2 Å². The monoisotopic (exact) mass is 347 g/mol. The van der Waals surface area contributed by atoms with Crippen LogP contribution in [0.15, 0.2) is 36.4 Å². The first-order valence-corrected chi connectivity index (χ1v) is 7.20. The van der Waals surface area contributed by atoms with E-state index in [1.165, 1.54) is 27.4 Å². The van der Waals surface area contributed by atoms with Crippen molar-refractivity contribution in [3.63, 3.8) is 0 Å². The van der Waals surface area contributed by atoms with E-state index in [-0.39, 0.29) is 23.7 Å². The van der Waals surface area contributed by atoms with Gasteiger partial charge in [0.15, 0.2) is 11.5 Å². The van der Waals surface area contributed by atoms with Gasteiger partial charge in [-0.25, -0.2) is 4.79 Å². The molecule has 0 atom stereocenters. The van der Waals surface area contributed by atoms with Crippen molar-refractivity contribution in [1.29, 1.82) is 0 Å². The van der Waals surface area contributed by atoms with Crippen molar-refractivity contribution in [2.45, 2.75) is 6.61 Å². The van der Waals surface area contributed by atoms with Gasteiger partial charge in [-0.15, -0.1) is 0 Å². The van der Waals surface area contributed by atoms with Crippen LogP contribution in [-0.2, 0) is 11.3 Å². The number of esters is 1. The van der Waals surface area contributed by atoms with Gasteiger partial charge in [-0.05, 0) is 17.7 Å². The first-order valence-electron chi connectivity index (χ1n) is 7.20. The van der Waals surface area contributed by atoms with E-state index in [4.69, 9.17) is 18.9 Å². The van der Waals surface area contributed by atoms with Gasteiger partial charge < -0.3 is 18.9 Å². The van der Waals surface area contributed by atoms with Crippen LogP contribution in [0.25, 0.3) is 0 Å². The summed E-state index contributed by atoms with van der Waals surface area (Å²) in [6.45, 7) is -0.0540. The Bertz CT molecular complexity index is 789. The van der Waals surface area contributed by atoms with Crippen LogP contribution in [0.1, 0.15) is 15.9 Å². The van der Waals surface area contributed by atoms with E-state index in [0.29, 0.717) is 11.3 Å². The van der Waals surface area contributed by atoms with Gasteiger partial charge in [0.05, 0.1) is 32.3 Å². The molecule has 0 saturated carbocycles. The maximum Gasteiger partial charge on any atom is 0.345 e. The van der Waals surface area contributed by atoms with Crippen LogP contribution in [0.5, 0.6) is 17.2 Å². The third kappa shape index (κ3) is 4.17. The van der Waals surface area contributed by atoms with Crippen molar-refractivity contribution in [1.82, 2.24) is 0 Å². The lowest BCUT2D eigenvalue weighted by atomic mass is 10.1. The fourth-order valence-corrected chi connectivity index (χ4v) is 2.17. The van der Waals surface area contributed by atoms with Gasteiger partial charge in [-0.3, -0.25) is 10.1 Å². The van der Waals surface area contributed by atoms with Gasteiger partial charge in [0, 0.05) is 6.07 Å². The molecule has 0 N–H and O–H groups in total. The van der Waals surface area contributed by atoms with E-state index in [1.807, 2.05) is 0 Å². The number of nitrogens with zero attached hydrogens (tertiary/aromatic N) is 1. The molecule has 8 nitrogen and oxygen atoms in total. The summed E-state index contributed by atoms with van der Waals surface area (Å²) in [7, 11) is 4.25. The quantitative estimate of drug-likeness (QED) is 0.431. The lowest BCUT2D eigenvalue weighted by Crippen LogP contribution is -2.09. The maximum absolute atomic E-state index is 12.3. The van der Waals surface area contributed by atoms with Gasteiger partial charge in [-0.2, -0.15) is 0 Å². The average Bonchev–Trinajstić information content (AvgIpc) is 2.64. The second kappa shape index (κ2) is 8.00. The molecule has 0 aliphatic heterocycles. The molecule has 0 heterocycles. The Morgan fingerprint density at radius 2 is 1.72 bits per heavy atom. The second-order valence-electron chi connectivity index (χ2n) is 4.91. The highest BCUT2D eigenvalue weighted by molar-refractivity contribution is 5.95. The summed E-state index contributed by atoms with van der Waals surface area (Å²) in [4.78, 5) is 22.9. The number of carbonyl (C=O) groups excluding carboxylic acids is 1. The third-order valence-electron chi connectivity index (χ3n) is 3.42. The number of hydrogen-bond acceptors (Lipinski definition) is 7. The fraction of sp³-hybridized carbons (Fsp3) is 0.235. The standard InChI is InChI=1S/C17H17NO7/c1-22-12-6-4-5-11(7-12)10-25-17(19)13-8-15(23-2)16(24-3)9-14(13)18(20)21/h4-9H,10H2,1-3H3. The van der Waals surface area contributed by atoms with Crippen LogP contribution in [-0.4, -0.2) is 32.2 Å². The number of benzene rings is 2. The second-order valence-corrected chi connectivity index (χ2v) is 4.91. The minimum Gasteiger partial charge on any atom is -0.497 e. The molecule has 2 aromatic carbocycles. The van der Waals surface area contributed by atoms with Gasteiger partial charge in [0.2, 0.25) is 0 Å². The average molecular weight is 347 g/mol. The number of rotatable bonds is 7. The minimum atomic E-state index is -0.838. The van der Waals surface area contributed by atoms with Gasteiger partial charge in [0.25, 0.3) is 5.69 Å². The zero-order chi connectivity index (χ0) is 18.4. The van der Waals surface area contributed by atoms with Crippen LogP contribution < -0.4 is 14.2 Å². The van der Waals surface area contributed by atoms with Crippen molar-refractivity contribution in [2.24, 2.45) is 0 Å². The summed E-state index contributed by atoms with van der Waals surface area (Å²) in [5, 5.41) is 11.2. The number of ether oxygens (including phenoxy) is 4. The highest BCUT2D eigenvalue weighted by atomic mass is 16.6. The number of hydrogen-bond donors (Lipinski definition) is 0. The molecule has 0 aliphatic rings. The van der Waals surface area contributed by atoms with Crippen LogP contribution >= 0.6 is 0 Å². The van der Waals surface area contributed by atoms with Crippen molar-refractivity contribution >= 4 is 11.7 Å². The molecule has 8 heteroatoms. The molecular weight excluding hydrogens is 330 g/mol. The molecule has 0 aliphatic carbocycles. The molecule has 0 aromatic heterocycles. The molecule has 0 radical (unpaired) electrons. The molecule has 25 heavy (non-hydrogen) atoms. The van der Waals surface area contributed by atoms with E-state index in [9.17, 15) is 14.9 Å². The predicted molar refractivity (Wildman–Crippen MR) is 88.3 cm³/mol. The van der Waals surface area contributed by atoms with Crippen LogP contribution in [0.4, 0.5) is 5.69 Å². The van der Waals surface area contributed by atoms with Gasteiger partial charge in [-0.1, -0.05) is 12.1 Å². The summed E-state index contributed by atoms with van der Waals surface area (Å²) >= 11 is 0. The molecule has 0 saturated heterocycles. The predicted octanol–water partition coefficient (Wildman–Crippen LogP) is 2.98. The summed E-state index contributed by atoms with van der Waals surface area (Å²) in [5.74, 6) is 0.126. The summed E-state index contributed by atoms with van der Waals surface area (Å²) in [6, 6.07) is 9.31.